The molecule has 0 saturated carbocycles. The van der Waals surface area contributed by atoms with E-state index >= 15 is 0 Å². The number of thioether (sulfide) groups is 1. The monoisotopic (exact) mass is 231 g/mol. The number of rotatable bonds is 4. The van der Waals surface area contributed by atoms with Crippen molar-refractivity contribution in [1.29, 1.82) is 0 Å². The molecule has 0 spiro atoms. The number of hydrogen-bond donors (Lipinski definition) is 1. The van der Waals surface area contributed by atoms with Gasteiger partial charge in [0.15, 0.2) is 0 Å². The molecule has 0 aromatic heterocycles. The zero-order valence-electron chi connectivity index (χ0n) is 9.95. The quantitative estimate of drug-likeness (QED) is 0.750. The average molecular weight is 231 g/mol. The normalized spacial score (nSPS) is 26.3. The molecular formula is C11H21NO2S. The minimum absolute atomic E-state index is 0.0978. The summed E-state index contributed by atoms with van der Waals surface area (Å²) in [5.74, 6) is 1.70. The Morgan fingerprint density at radius 1 is 1.47 bits per heavy atom. The summed E-state index contributed by atoms with van der Waals surface area (Å²) in [5, 5.41) is 3.69. The molecule has 1 N–H and O–H groups in total. The molecule has 1 saturated heterocycles. The van der Waals surface area contributed by atoms with Crippen molar-refractivity contribution in [2.45, 2.75) is 39.1 Å². The van der Waals surface area contributed by atoms with E-state index < -0.39 is 0 Å². The molecule has 0 aromatic rings. The number of carbonyl (C=O) groups is 1. The molecule has 0 aromatic carbocycles. The molecule has 0 bridgehead atoms. The highest BCUT2D eigenvalue weighted by Gasteiger charge is 2.32. The average Bonchev–Trinajstić information content (AvgIpc) is 2.62. The van der Waals surface area contributed by atoms with Crippen LogP contribution in [0.2, 0.25) is 0 Å². The summed E-state index contributed by atoms with van der Waals surface area (Å²) >= 11 is 1.81. The molecular weight excluding hydrogens is 210 g/mol. The predicted octanol–water partition coefficient (Wildman–Crippen LogP) is 1.87. The van der Waals surface area contributed by atoms with Gasteiger partial charge in [0.25, 0.3) is 0 Å². The van der Waals surface area contributed by atoms with Crippen molar-refractivity contribution >= 4 is 17.7 Å². The van der Waals surface area contributed by atoms with Gasteiger partial charge >= 0.3 is 5.97 Å². The summed E-state index contributed by atoms with van der Waals surface area (Å²) in [6.45, 7) is 8.93. The predicted molar refractivity (Wildman–Crippen MR) is 63.8 cm³/mol. The van der Waals surface area contributed by atoms with Crippen LogP contribution >= 0.6 is 11.8 Å². The lowest BCUT2D eigenvalue weighted by Crippen LogP contribution is -2.39. The van der Waals surface area contributed by atoms with Crippen LogP contribution in [0.1, 0.15) is 27.7 Å². The Morgan fingerprint density at radius 2 is 2.13 bits per heavy atom. The third-order valence-electron chi connectivity index (χ3n) is 2.26. The first-order valence-electron chi connectivity index (χ1n) is 5.55. The van der Waals surface area contributed by atoms with E-state index in [0.717, 1.165) is 5.75 Å². The molecule has 0 radical (unpaired) electrons. The maximum atomic E-state index is 11.6. The van der Waals surface area contributed by atoms with Gasteiger partial charge in [0.2, 0.25) is 0 Å². The van der Waals surface area contributed by atoms with Crippen LogP contribution in [0.4, 0.5) is 0 Å². The van der Waals surface area contributed by atoms with Crippen LogP contribution in [0.5, 0.6) is 0 Å². The first-order valence-corrected chi connectivity index (χ1v) is 6.60. The lowest BCUT2D eigenvalue weighted by Gasteiger charge is -2.16. The third-order valence-corrected chi connectivity index (χ3v) is 3.82. The number of carbonyl (C=O) groups excluding carboxylic acids is 1. The SMILES string of the molecule is CC(C)COC(=O)C1CSC(C(C)C)N1. The summed E-state index contributed by atoms with van der Waals surface area (Å²) in [6.07, 6.45) is 0. The van der Waals surface area contributed by atoms with E-state index in [2.05, 4.69) is 19.2 Å². The maximum absolute atomic E-state index is 11.6. The molecule has 2 unspecified atom stereocenters. The van der Waals surface area contributed by atoms with Crippen molar-refractivity contribution in [2.75, 3.05) is 12.4 Å². The van der Waals surface area contributed by atoms with Crippen LogP contribution in [0.3, 0.4) is 0 Å². The van der Waals surface area contributed by atoms with E-state index in [0.29, 0.717) is 23.8 Å². The molecule has 3 nitrogen and oxygen atoms in total. The third kappa shape index (κ3) is 4.03. The Bertz CT molecular complexity index is 219. The fraction of sp³-hybridized carbons (Fsp3) is 0.909. The molecule has 1 heterocycles. The Hall–Kier alpha value is -0.220. The van der Waals surface area contributed by atoms with Crippen molar-refractivity contribution in [1.82, 2.24) is 5.32 Å². The van der Waals surface area contributed by atoms with Crippen LogP contribution in [-0.2, 0) is 9.53 Å². The largest absolute Gasteiger partial charge is 0.464 e. The minimum atomic E-state index is -0.110. The van der Waals surface area contributed by atoms with Gasteiger partial charge in [0.05, 0.1) is 12.0 Å². The van der Waals surface area contributed by atoms with E-state index in [1.54, 1.807) is 0 Å². The maximum Gasteiger partial charge on any atom is 0.324 e. The van der Waals surface area contributed by atoms with Crippen LogP contribution in [0.15, 0.2) is 0 Å². The first-order chi connectivity index (χ1) is 7.00. The Balaban J connectivity index is 2.30. The van der Waals surface area contributed by atoms with Crippen LogP contribution in [-0.4, -0.2) is 29.7 Å². The minimum Gasteiger partial charge on any atom is -0.464 e. The van der Waals surface area contributed by atoms with Gasteiger partial charge in [-0.1, -0.05) is 27.7 Å². The first kappa shape index (κ1) is 12.8. The van der Waals surface area contributed by atoms with Gasteiger partial charge in [-0.15, -0.1) is 11.8 Å². The topological polar surface area (TPSA) is 38.3 Å². The van der Waals surface area contributed by atoms with Gasteiger partial charge in [0.1, 0.15) is 6.04 Å². The fourth-order valence-corrected chi connectivity index (χ4v) is 2.64. The summed E-state index contributed by atoms with van der Waals surface area (Å²) in [7, 11) is 0. The van der Waals surface area contributed by atoms with Gasteiger partial charge < -0.3 is 4.74 Å². The number of hydrogen-bond acceptors (Lipinski definition) is 4. The van der Waals surface area contributed by atoms with Crippen LogP contribution in [0, 0.1) is 11.8 Å². The molecule has 4 heteroatoms. The van der Waals surface area contributed by atoms with Gasteiger partial charge in [-0.05, 0) is 11.8 Å². The van der Waals surface area contributed by atoms with Gasteiger partial charge in [0, 0.05) is 5.75 Å². The zero-order valence-corrected chi connectivity index (χ0v) is 10.8. The molecule has 88 valence electrons. The van der Waals surface area contributed by atoms with Gasteiger partial charge in [-0.2, -0.15) is 0 Å². The Labute approximate surface area is 96.3 Å². The molecule has 15 heavy (non-hydrogen) atoms. The van der Waals surface area contributed by atoms with Crippen molar-refractivity contribution < 1.29 is 9.53 Å². The van der Waals surface area contributed by atoms with E-state index in [-0.39, 0.29) is 12.0 Å². The van der Waals surface area contributed by atoms with Crippen LogP contribution in [0.25, 0.3) is 0 Å². The second kappa shape index (κ2) is 5.75. The second-order valence-electron chi connectivity index (χ2n) is 4.74. The van der Waals surface area contributed by atoms with Gasteiger partial charge in [-0.25, -0.2) is 0 Å². The molecule has 1 aliphatic heterocycles. The molecule has 1 fully saturated rings. The molecule has 0 aliphatic carbocycles. The van der Waals surface area contributed by atoms with Crippen molar-refractivity contribution in [3.05, 3.63) is 0 Å². The molecule has 1 rings (SSSR count). The van der Waals surface area contributed by atoms with Gasteiger partial charge in [-0.3, -0.25) is 10.1 Å². The van der Waals surface area contributed by atoms with E-state index in [1.807, 2.05) is 25.6 Å². The highest BCUT2D eigenvalue weighted by Crippen LogP contribution is 2.25. The Morgan fingerprint density at radius 3 is 2.60 bits per heavy atom. The van der Waals surface area contributed by atoms with E-state index in [4.69, 9.17) is 4.74 Å². The zero-order chi connectivity index (χ0) is 11.4. The van der Waals surface area contributed by atoms with Crippen molar-refractivity contribution in [3.8, 4) is 0 Å². The number of ether oxygens (including phenoxy) is 1. The Kier molecular flexibility index (Phi) is 4.93. The lowest BCUT2D eigenvalue weighted by molar-refractivity contribution is -0.146. The standard InChI is InChI=1S/C11H21NO2S/c1-7(2)5-14-11(13)9-6-15-10(12-9)8(3)4/h7-10,12H,5-6H2,1-4H3. The molecule has 0 amide bonds. The summed E-state index contributed by atoms with van der Waals surface area (Å²) in [4.78, 5) is 11.6. The van der Waals surface area contributed by atoms with E-state index in [9.17, 15) is 4.79 Å². The van der Waals surface area contributed by atoms with Crippen molar-refractivity contribution in [2.24, 2.45) is 11.8 Å². The van der Waals surface area contributed by atoms with Crippen molar-refractivity contribution in [3.63, 3.8) is 0 Å². The highest BCUT2D eigenvalue weighted by atomic mass is 32.2. The summed E-state index contributed by atoms with van der Waals surface area (Å²) in [5.41, 5.74) is 0. The number of esters is 1. The summed E-state index contributed by atoms with van der Waals surface area (Å²) in [6, 6.07) is -0.110. The second-order valence-corrected chi connectivity index (χ2v) is 5.92. The number of nitrogens with one attached hydrogen (secondary N) is 1. The fourth-order valence-electron chi connectivity index (χ4n) is 1.36. The molecule has 2 atom stereocenters. The smallest absolute Gasteiger partial charge is 0.324 e. The highest BCUT2D eigenvalue weighted by molar-refractivity contribution is 8.00. The lowest BCUT2D eigenvalue weighted by atomic mass is 10.2. The van der Waals surface area contributed by atoms with Crippen LogP contribution < -0.4 is 5.32 Å². The summed E-state index contributed by atoms with van der Waals surface area (Å²) < 4.78 is 5.20. The molecule has 1 aliphatic rings. The van der Waals surface area contributed by atoms with E-state index in [1.165, 1.54) is 0 Å².